The quantitative estimate of drug-likeness (QED) is 0.684. The maximum Gasteiger partial charge on any atom is 0.00389 e. The molecule has 0 aromatic carbocycles. The van der Waals surface area contributed by atoms with Gasteiger partial charge in [-0.05, 0) is 24.2 Å². The van der Waals surface area contributed by atoms with Gasteiger partial charge in [-0.25, -0.2) is 0 Å². The molecule has 1 saturated carbocycles. The molecular formula is C11H21N. The maximum atomic E-state index is 5.68. The van der Waals surface area contributed by atoms with E-state index in [2.05, 4.69) is 20.4 Å². The Hall–Kier alpha value is -0.460. The molecule has 0 amide bonds. The summed E-state index contributed by atoms with van der Waals surface area (Å²) in [5.41, 5.74) is 6.53. The van der Waals surface area contributed by atoms with E-state index in [0.29, 0.717) is 11.8 Å². The standard InChI is InChI=1S/C11H21N/c1-8(9(2)10(3)12)7-11-5-4-6-11/h8-9,11H,3-7,12H2,1-2H3. The largest absolute Gasteiger partial charge is 0.402 e. The maximum absolute atomic E-state index is 5.68. The van der Waals surface area contributed by atoms with Crippen LogP contribution < -0.4 is 5.73 Å². The van der Waals surface area contributed by atoms with Crippen LogP contribution in [0.4, 0.5) is 0 Å². The van der Waals surface area contributed by atoms with Gasteiger partial charge in [0.15, 0.2) is 0 Å². The highest BCUT2D eigenvalue weighted by Gasteiger charge is 2.23. The summed E-state index contributed by atoms with van der Waals surface area (Å²) in [6.45, 7) is 8.28. The molecule has 1 nitrogen and oxygen atoms in total. The highest BCUT2D eigenvalue weighted by Crippen LogP contribution is 2.34. The molecule has 0 radical (unpaired) electrons. The summed E-state index contributed by atoms with van der Waals surface area (Å²) in [7, 11) is 0. The van der Waals surface area contributed by atoms with Gasteiger partial charge >= 0.3 is 0 Å². The van der Waals surface area contributed by atoms with Crippen LogP contribution in [0, 0.1) is 17.8 Å². The van der Waals surface area contributed by atoms with E-state index in [-0.39, 0.29) is 0 Å². The molecule has 1 aliphatic rings. The van der Waals surface area contributed by atoms with Crippen LogP contribution in [0.1, 0.15) is 39.5 Å². The van der Waals surface area contributed by atoms with Gasteiger partial charge in [-0.1, -0.05) is 39.7 Å². The average Bonchev–Trinajstić information content (AvgIpc) is 1.94. The van der Waals surface area contributed by atoms with E-state index in [9.17, 15) is 0 Å². The minimum absolute atomic E-state index is 0.491. The van der Waals surface area contributed by atoms with Gasteiger partial charge in [-0.2, -0.15) is 0 Å². The van der Waals surface area contributed by atoms with Crippen LogP contribution in [0.25, 0.3) is 0 Å². The molecule has 0 bridgehead atoms. The Morgan fingerprint density at radius 1 is 1.50 bits per heavy atom. The lowest BCUT2D eigenvalue weighted by molar-refractivity contribution is 0.233. The Kier molecular flexibility index (Phi) is 3.19. The summed E-state index contributed by atoms with van der Waals surface area (Å²) >= 11 is 0. The fraction of sp³-hybridized carbons (Fsp3) is 0.818. The van der Waals surface area contributed by atoms with E-state index >= 15 is 0 Å². The van der Waals surface area contributed by atoms with Gasteiger partial charge in [-0.15, -0.1) is 0 Å². The Labute approximate surface area is 76.0 Å². The second-order valence-corrected chi connectivity index (χ2v) is 4.37. The number of hydrogen-bond acceptors (Lipinski definition) is 1. The van der Waals surface area contributed by atoms with Crippen LogP contribution in [0.5, 0.6) is 0 Å². The predicted octanol–water partition coefficient (Wildman–Crippen LogP) is 2.92. The van der Waals surface area contributed by atoms with Crippen molar-refractivity contribution in [2.75, 3.05) is 0 Å². The van der Waals surface area contributed by atoms with Crippen LogP contribution in [0.15, 0.2) is 12.3 Å². The predicted molar refractivity (Wildman–Crippen MR) is 53.6 cm³/mol. The van der Waals surface area contributed by atoms with Crippen molar-refractivity contribution in [3.8, 4) is 0 Å². The number of nitrogens with two attached hydrogens (primary N) is 1. The molecule has 1 rings (SSSR count). The molecule has 2 N–H and O–H groups in total. The Balaban J connectivity index is 2.25. The van der Waals surface area contributed by atoms with Crippen LogP contribution in [-0.4, -0.2) is 0 Å². The summed E-state index contributed by atoms with van der Waals surface area (Å²) in [4.78, 5) is 0. The van der Waals surface area contributed by atoms with E-state index in [1.807, 2.05) is 0 Å². The van der Waals surface area contributed by atoms with Gasteiger partial charge in [0.05, 0.1) is 0 Å². The second-order valence-electron chi connectivity index (χ2n) is 4.37. The lowest BCUT2D eigenvalue weighted by atomic mass is 9.76. The molecular weight excluding hydrogens is 146 g/mol. The molecule has 12 heavy (non-hydrogen) atoms. The normalized spacial score (nSPS) is 22.8. The van der Waals surface area contributed by atoms with E-state index < -0.39 is 0 Å². The van der Waals surface area contributed by atoms with Crippen molar-refractivity contribution in [2.45, 2.75) is 39.5 Å². The smallest absolute Gasteiger partial charge is 0.00389 e. The Morgan fingerprint density at radius 2 is 2.08 bits per heavy atom. The Morgan fingerprint density at radius 3 is 2.42 bits per heavy atom. The van der Waals surface area contributed by atoms with Gasteiger partial charge in [0.25, 0.3) is 0 Å². The minimum Gasteiger partial charge on any atom is -0.402 e. The monoisotopic (exact) mass is 167 g/mol. The SMILES string of the molecule is C=C(N)C(C)C(C)CC1CCC1. The fourth-order valence-corrected chi connectivity index (χ4v) is 1.82. The van der Waals surface area contributed by atoms with Gasteiger partial charge < -0.3 is 5.73 Å². The zero-order valence-corrected chi connectivity index (χ0v) is 8.34. The van der Waals surface area contributed by atoms with Crippen molar-refractivity contribution in [2.24, 2.45) is 23.5 Å². The van der Waals surface area contributed by atoms with Crippen LogP contribution in [0.3, 0.4) is 0 Å². The van der Waals surface area contributed by atoms with Gasteiger partial charge in [0.2, 0.25) is 0 Å². The van der Waals surface area contributed by atoms with Crippen molar-refractivity contribution in [1.82, 2.24) is 0 Å². The molecule has 0 heterocycles. The summed E-state index contributed by atoms with van der Waals surface area (Å²) in [6.07, 6.45) is 5.66. The lowest BCUT2D eigenvalue weighted by Gasteiger charge is -2.30. The number of hydrogen-bond donors (Lipinski definition) is 1. The van der Waals surface area contributed by atoms with Crippen LogP contribution >= 0.6 is 0 Å². The number of rotatable bonds is 4. The molecule has 2 unspecified atom stereocenters. The molecule has 0 aliphatic heterocycles. The molecule has 0 aromatic rings. The van der Waals surface area contributed by atoms with Crippen LogP contribution in [-0.2, 0) is 0 Å². The zero-order valence-electron chi connectivity index (χ0n) is 8.34. The minimum atomic E-state index is 0.491. The molecule has 1 heteroatoms. The third-order valence-corrected chi connectivity index (χ3v) is 3.37. The molecule has 1 fully saturated rings. The average molecular weight is 167 g/mol. The van der Waals surface area contributed by atoms with E-state index in [4.69, 9.17) is 5.73 Å². The van der Waals surface area contributed by atoms with Gasteiger partial charge in [-0.3, -0.25) is 0 Å². The summed E-state index contributed by atoms with van der Waals surface area (Å²) < 4.78 is 0. The number of allylic oxidation sites excluding steroid dienone is 1. The first-order valence-corrected chi connectivity index (χ1v) is 5.05. The first kappa shape index (κ1) is 9.63. The molecule has 70 valence electrons. The molecule has 0 aromatic heterocycles. The molecule has 0 saturated heterocycles. The fourth-order valence-electron chi connectivity index (χ4n) is 1.82. The van der Waals surface area contributed by atoms with Crippen molar-refractivity contribution in [3.05, 3.63) is 12.3 Å². The lowest BCUT2D eigenvalue weighted by Crippen LogP contribution is -2.21. The summed E-state index contributed by atoms with van der Waals surface area (Å²) in [6, 6.07) is 0. The highest BCUT2D eigenvalue weighted by molar-refractivity contribution is 4.94. The molecule has 0 spiro atoms. The summed E-state index contributed by atoms with van der Waals surface area (Å²) in [5.74, 6) is 2.19. The third kappa shape index (κ3) is 2.26. The zero-order chi connectivity index (χ0) is 9.14. The first-order chi connectivity index (χ1) is 5.61. The van der Waals surface area contributed by atoms with Crippen molar-refractivity contribution < 1.29 is 0 Å². The van der Waals surface area contributed by atoms with E-state index in [1.54, 1.807) is 0 Å². The van der Waals surface area contributed by atoms with E-state index in [0.717, 1.165) is 11.6 Å². The first-order valence-electron chi connectivity index (χ1n) is 5.05. The summed E-state index contributed by atoms with van der Waals surface area (Å²) in [5, 5.41) is 0. The topological polar surface area (TPSA) is 26.0 Å². The third-order valence-electron chi connectivity index (χ3n) is 3.37. The van der Waals surface area contributed by atoms with Crippen molar-refractivity contribution in [1.29, 1.82) is 0 Å². The van der Waals surface area contributed by atoms with Crippen LogP contribution in [0.2, 0.25) is 0 Å². The highest BCUT2D eigenvalue weighted by atomic mass is 14.6. The van der Waals surface area contributed by atoms with Gasteiger partial charge in [0, 0.05) is 5.70 Å². The van der Waals surface area contributed by atoms with Crippen molar-refractivity contribution >= 4 is 0 Å². The van der Waals surface area contributed by atoms with Crippen molar-refractivity contribution in [3.63, 3.8) is 0 Å². The second kappa shape index (κ2) is 3.97. The molecule has 2 atom stereocenters. The van der Waals surface area contributed by atoms with E-state index in [1.165, 1.54) is 25.7 Å². The Bertz CT molecular complexity index is 158. The van der Waals surface area contributed by atoms with Gasteiger partial charge in [0.1, 0.15) is 0 Å². The molecule has 1 aliphatic carbocycles.